The van der Waals surface area contributed by atoms with E-state index >= 15 is 0 Å². The Morgan fingerprint density at radius 1 is 1.32 bits per heavy atom. The van der Waals surface area contributed by atoms with Crippen LogP contribution < -0.4 is 10.9 Å². The van der Waals surface area contributed by atoms with Gasteiger partial charge in [-0.2, -0.15) is 9.78 Å². The van der Waals surface area contributed by atoms with Gasteiger partial charge in [-0.25, -0.2) is 0 Å². The molecule has 0 spiro atoms. The first kappa shape index (κ1) is 18.3. The van der Waals surface area contributed by atoms with E-state index in [-0.39, 0.29) is 11.5 Å². The van der Waals surface area contributed by atoms with Crippen molar-refractivity contribution >= 4 is 34.7 Å². The number of carbonyl (C=O) groups excluding carboxylic acids is 1. The number of pyridine rings is 1. The summed E-state index contributed by atoms with van der Waals surface area (Å²) in [6.07, 6.45) is 4.44. The molecule has 7 nitrogen and oxygen atoms in total. The van der Waals surface area contributed by atoms with Crippen LogP contribution >= 0.6 is 22.9 Å². The maximum Gasteiger partial charge on any atom is 0.283 e. The molecule has 1 N–H and O–H groups in total. The summed E-state index contributed by atoms with van der Waals surface area (Å²) in [6, 6.07) is 10.4. The molecule has 0 saturated carbocycles. The molecule has 0 amide bonds. The molecule has 0 saturated heterocycles. The summed E-state index contributed by atoms with van der Waals surface area (Å²) in [5, 5.41) is 7.58. The average molecular weight is 415 g/mol. The van der Waals surface area contributed by atoms with Crippen LogP contribution in [0.5, 0.6) is 0 Å². The Labute approximate surface area is 168 Å². The van der Waals surface area contributed by atoms with Gasteiger partial charge in [0.25, 0.3) is 11.5 Å². The quantitative estimate of drug-likeness (QED) is 0.536. The Bertz CT molecular complexity index is 1190. The monoisotopic (exact) mass is 414 g/mol. The molecule has 9 heteroatoms. The molecule has 4 rings (SSSR count). The van der Waals surface area contributed by atoms with Crippen molar-refractivity contribution in [2.45, 2.75) is 6.54 Å². The Balaban J connectivity index is 1.74. The zero-order valence-corrected chi connectivity index (χ0v) is 16.3. The van der Waals surface area contributed by atoms with Crippen LogP contribution in [0.3, 0.4) is 0 Å². The number of furan rings is 1. The minimum absolute atomic E-state index is 0.195. The highest BCUT2D eigenvalue weighted by Gasteiger charge is 2.19. The van der Waals surface area contributed by atoms with E-state index in [1.165, 1.54) is 33.1 Å². The van der Waals surface area contributed by atoms with Gasteiger partial charge in [-0.15, -0.1) is 11.3 Å². The molecule has 4 aromatic rings. The molecule has 4 aromatic heterocycles. The molecule has 142 valence electrons. The number of halogens is 1. The molecule has 0 bridgehead atoms. The van der Waals surface area contributed by atoms with Gasteiger partial charge >= 0.3 is 0 Å². The van der Waals surface area contributed by atoms with E-state index in [4.69, 9.17) is 16.0 Å². The minimum atomic E-state index is -0.362. The number of aromatic nitrogens is 3. The number of thiophene rings is 1. The largest absolute Gasteiger partial charge is 0.472 e. The SMILES string of the molecule is Cn1cccc(-c2cc(NCc3ccc(Cl)s3)n(C(=O)c3ccoc3)n2)c1=O. The average Bonchev–Trinajstić information content (AvgIpc) is 3.42. The summed E-state index contributed by atoms with van der Waals surface area (Å²) in [7, 11) is 1.67. The van der Waals surface area contributed by atoms with E-state index in [9.17, 15) is 9.59 Å². The number of carbonyl (C=O) groups is 1. The van der Waals surface area contributed by atoms with Gasteiger partial charge in [-0.05, 0) is 30.3 Å². The summed E-state index contributed by atoms with van der Waals surface area (Å²) in [5.74, 6) is 0.107. The van der Waals surface area contributed by atoms with Gasteiger partial charge in [0.05, 0.1) is 28.3 Å². The van der Waals surface area contributed by atoms with E-state index in [2.05, 4.69) is 10.4 Å². The lowest BCUT2D eigenvalue weighted by molar-refractivity contribution is 0.0947. The van der Waals surface area contributed by atoms with E-state index in [0.29, 0.717) is 33.5 Å². The molecule has 0 atom stereocenters. The Kier molecular flexibility index (Phi) is 4.89. The van der Waals surface area contributed by atoms with Gasteiger partial charge in [-0.1, -0.05) is 11.6 Å². The fourth-order valence-corrected chi connectivity index (χ4v) is 3.75. The first-order valence-electron chi connectivity index (χ1n) is 8.34. The third-order valence-corrected chi connectivity index (χ3v) is 5.37. The van der Waals surface area contributed by atoms with Crippen LogP contribution in [0.25, 0.3) is 11.3 Å². The third kappa shape index (κ3) is 3.51. The molecule has 0 unspecified atom stereocenters. The highest BCUT2D eigenvalue weighted by Crippen LogP contribution is 2.24. The van der Waals surface area contributed by atoms with Gasteiger partial charge in [0, 0.05) is 24.2 Å². The van der Waals surface area contributed by atoms with Crippen LogP contribution in [0.1, 0.15) is 15.2 Å². The molecular weight excluding hydrogens is 400 g/mol. The number of hydrogen-bond acceptors (Lipinski definition) is 6. The zero-order valence-electron chi connectivity index (χ0n) is 14.8. The van der Waals surface area contributed by atoms with Gasteiger partial charge in [0.1, 0.15) is 17.8 Å². The first-order valence-corrected chi connectivity index (χ1v) is 9.53. The number of aryl methyl sites for hydroxylation is 1. The van der Waals surface area contributed by atoms with Crippen LogP contribution in [0.4, 0.5) is 5.82 Å². The standard InChI is InChI=1S/C19H15ClN4O3S/c1-23-7-2-3-14(19(23)26)15-9-17(21-10-13-4-5-16(20)28-13)24(22-15)18(25)12-6-8-27-11-12/h2-9,11,21H,10H2,1H3. The van der Waals surface area contributed by atoms with Crippen molar-refractivity contribution in [1.29, 1.82) is 0 Å². The molecule has 0 aliphatic rings. The van der Waals surface area contributed by atoms with Crippen LogP contribution in [-0.4, -0.2) is 20.3 Å². The number of rotatable bonds is 5. The van der Waals surface area contributed by atoms with Crippen molar-refractivity contribution in [1.82, 2.24) is 14.3 Å². The van der Waals surface area contributed by atoms with E-state index in [0.717, 1.165) is 4.88 Å². The summed E-state index contributed by atoms with van der Waals surface area (Å²) < 4.78 is 8.40. The molecule has 28 heavy (non-hydrogen) atoms. The summed E-state index contributed by atoms with van der Waals surface area (Å²) >= 11 is 7.43. The van der Waals surface area contributed by atoms with Crippen molar-refractivity contribution in [3.63, 3.8) is 0 Å². The summed E-state index contributed by atoms with van der Waals surface area (Å²) in [6.45, 7) is 0.466. The third-order valence-electron chi connectivity index (χ3n) is 4.14. The van der Waals surface area contributed by atoms with Crippen molar-refractivity contribution in [3.05, 3.63) is 80.3 Å². The van der Waals surface area contributed by atoms with Gasteiger partial charge in [-0.3, -0.25) is 9.59 Å². The van der Waals surface area contributed by atoms with E-state index < -0.39 is 0 Å². The molecule has 0 aliphatic heterocycles. The van der Waals surface area contributed by atoms with Crippen molar-refractivity contribution in [2.24, 2.45) is 7.05 Å². The smallest absolute Gasteiger partial charge is 0.283 e. The predicted octanol–water partition coefficient (Wildman–Crippen LogP) is 3.86. The fraction of sp³-hybridized carbons (Fsp3) is 0.105. The Hall–Kier alpha value is -3.10. The van der Waals surface area contributed by atoms with Gasteiger partial charge < -0.3 is 14.3 Å². The van der Waals surface area contributed by atoms with Gasteiger partial charge in [0.15, 0.2) is 0 Å². The highest BCUT2D eigenvalue weighted by molar-refractivity contribution is 7.16. The maximum atomic E-state index is 12.8. The normalized spacial score (nSPS) is 10.9. The van der Waals surface area contributed by atoms with Crippen LogP contribution in [-0.2, 0) is 13.6 Å². The lowest BCUT2D eigenvalue weighted by atomic mass is 10.2. The van der Waals surface area contributed by atoms with Crippen LogP contribution in [0.15, 0.2) is 64.3 Å². The highest BCUT2D eigenvalue weighted by atomic mass is 35.5. The predicted molar refractivity (Wildman–Crippen MR) is 108 cm³/mol. The molecule has 0 aromatic carbocycles. The second-order valence-corrected chi connectivity index (χ2v) is 7.84. The molecule has 0 fully saturated rings. The Morgan fingerprint density at radius 2 is 2.18 bits per heavy atom. The van der Waals surface area contributed by atoms with Crippen LogP contribution in [0.2, 0.25) is 4.34 Å². The number of nitrogens with one attached hydrogen (secondary N) is 1. The zero-order chi connectivity index (χ0) is 19.7. The molecule has 0 radical (unpaired) electrons. The van der Waals surface area contributed by atoms with E-state index in [1.807, 2.05) is 12.1 Å². The second kappa shape index (κ2) is 7.49. The first-order chi connectivity index (χ1) is 13.5. The van der Waals surface area contributed by atoms with Gasteiger partial charge in [0.2, 0.25) is 0 Å². The number of hydrogen-bond donors (Lipinski definition) is 1. The minimum Gasteiger partial charge on any atom is -0.472 e. The van der Waals surface area contributed by atoms with E-state index in [1.54, 1.807) is 37.5 Å². The lowest BCUT2D eigenvalue weighted by Gasteiger charge is -2.06. The topological polar surface area (TPSA) is 82.1 Å². The number of anilines is 1. The van der Waals surface area contributed by atoms with Crippen molar-refractivity contribution in [3.8, 4) is 11.3 Å². The van der Waals surface area contributed by atoms with Crippen molar-refractivity contribution < 1.29 is 9.21 Å². The molecule has 4 heterocycles. The fourth-order valence-electron chi connectivity index (χ4n) is 2.72. The summed E-state index contributed by atoms with van der Waals surface area (Å²) in [5.41, 5.74) is 0.980. The Morgan fingerprint density at radius 3 is 2.89 bits per heavy atom. The van der Waals surface area contributed by atoms with Crippen molar-refractivity contribution in [2.75, 3.05) is 5.32 Å². The lowest BCUT2D eigenvalue weighted by Crippen LogP contribution is -2.18. The van der Waals surface area contributed by atoms with Crippen LogP contribution in [0, 0.1) is 0 Å². The summed E-state index contributed by atoms with van der Waals surface area (Å²) in [4.78, 5) is 26.3. The maximum absolute atomic E-state index is 12.8. The molecular formula is C19H15ClN4O3S. The molecule has 0 aliphatic carbocycles. The number of nitrogens with zero attached hydrogens (tertiary/aromatic N) is 3. The second-order valence-electron chi connectivity index (χ2n) is 6.04.